The van der Waals surface area contributed by atoms with Crippen LogP contribution in [0, 0.1) is 0 Å². The van der Waals surface area contributed by atoms with Gasteiger partial charge in [0.05, 0.1) is 12.2 Å². The molecular weight excluding hydrogens is 574 g/mol. The van der Waals surface area contributed by atoms with Crippen molar-refractivity contribution in [1.82, 2.24) is 4.90 Å². The Labute approximate surface area is 294 Å². The molecule has 0 aromatic heterocycles. The molecule has 1 aliphatic heterocycles. The van der Waals surface area contributed by atoms with Gasteiger partial charge >= 0.3 is 0 Å². The van der Waals surface area contributed by atoms with Crippen molar-refractivity contribution in [3.05, 3.63) is 48.6 Å². The maximum absolute atomic E-state index is 6.61. The van der Waals surface area contributed by atoms with Crippen LogP contribution in [0.3, 0.4) is 0 Å². The summed E-state index contributed by atoms with van der Waals surface area (Å²) in [6, 6.07) is 0.543. The third-order valence-corrected chi connectivity index (χ3v) is 10.4. The zero-order valence-electron chi connectivity index (χ0n) is 31.9. The number of ether oxygens (including phenoxy) is 2. The molecule has 2 rings (SSSR count). The van der Waals surface area contributed by atoms with Crippen molar-refractivity contribution in [2.45, 2.75) is 218 Å². The molecule has 0 amide bonds. The van der Waals surface area contributed by atoms with Crippen LogP contribution in [0.1, 0.15) is 194 Å². The highest BCUT2D eigenvalue weighted by Gasteiger charge is 2.49. The first-order valence-electron chi connectivity index (χ1n) is 20.8. The molecule has 0 spiro atoms. The van der Waals surface area contributed by atoms with Crippen molar-refractivity contribution in [2.75, 3.05) is 14.1 Å². The summed E-state index contributed by atoms with van der Waals surface area (Å²) in [7, 11) is 4.34. The lowest BCUT2D eigenvalue weighted by atomic mass is 10.0. The molecule has 3 atom stereocenters. The summed E-state index contributed by atoms with van der Waals surface area (Å²) < 4.78 is 13.2. The van der Waals surface area contributed by atoms with E-state index in [2.05, 4.69) is 81.5 Å². The zero-order valence-corrected chi connectivity index (χ0v) is 31.9. The number of hydrogen-bond donors (Lipinski definition) is 0. The summed E-state index contributed by atoms with van der Waals surface area (Å²) in [4.78, 5) is 2.31. The summed E-state index contributed by atoms with van der Waals surface area (Å²) in [6.07, 6.45) is 56.0. The molecule has 1 aliphatic carbocycles. The number of unbranched alkanes of at least 4 members (excludes halogenated alkanes) is 24. The SMILES string of the molecule is CCCCCCCCCCCCCCC=CC=CC1(C=CC=CCCCCCCCCCCCCCC)O[C@H]2CC(N(C)C)C[C@H]2O1. The minimum atomic E-state index is -0.743. The van der Waals surface area contributed by atoms with E-state index >= 15 is 0 Å². The van der Waals surface area contributed by atoms with E-state index in [0.717, 1.165) is 25.7 Å². The fourth-order valence-electron chi connectivity index (χ4n) is 7.25. The standard InChI is InChI=1S/C44H79NO2/c1-5-7-9-11-13-15-17-19-21-23-25-27-29-31-33-35-37-44(46-42-39-41(45(3)4)40-43(42)47-44)38-36-34-32-30-28-26-24-22-20-18-16-14-12-10-8-6-2/h31-38,41-43H,5-30,39-40H2,1-4H3/t41?,42-,43+,44?. The van der Waals surface area contributed by atoms with Gasteiger partial charge < -0.3 is 14.4 Å². The van der Waals surface area contributed by atoms with E-state index in [1.807, 2.05) is 0 Å². The molecule has 0 aromatic rings. The fourth-order valence-corrected chi connectivity index (χ4v) is 7.25. The molecule has 0 radical (unpaired) electrons. The number of fused-ring (bicyclic) bond motifs is 1. The molecule has 0 bridgehead atoms. The van der Waals surface area contributed by atoms with Gasteiger partial charge in [0.2, 0.25) is 5.79 Å². The van der Waals surface area contributed by atoms with Crippen LogP contribution in [-0.2, 0) is 9.47 Å². The van der Waals surface area contributed by atoms with Crippen molar-refractivity contribution in [3.63, 3.8) is 0 Å². The third kappa shape index (κ3) is 20.8. The Morgan fingerprint density at radius 2 is 0.787 bits per heavy atom. The normalized spacial score (nSPS) is 23.2. The predicted octanol–water partition coefficient (Wildman–Crippen LogP) is 13.6. The predicted molar refractivity (Wildman–Crippen MR) is 207 cm³/mol. The lowest BCUT2D eigenvalue weighted by Crippen LogP contribution is -2.31. The van der Waals surface area contributed by atoms with Gasteiger partial charge in [-0.3, -0.25) is 0 Å². The van der Waals surface area contributed by atoms with Crippen molar-refractivity contribution < 1.29 is 9.47 Å². The summed E-state index contributed by atoms with van der Waals surface area (Å²) >= 11 is 0. The molecule has 3 nitrogen and oxygen atoms in total. The van der Waals surface area contributed by atoms with Gasteiger partial charge in [0.25, 0.3) is 0 Å². The van der Waals surface area contributed by atoms with Gasteiger partial charge in [-0.15, -0.1) is 0 Å². The monoisotopic (exact) mass is 654 g/mol. The topological polar surface area (TPSA) is 21.7 Å². The molecule has 1 heterocycles. The minimum Gasteiger partial charge on any atom is -0.337 e. The van der Waals surface area contributed by atoms with E-state index in [9.17, 15) is 0 Å². The molecule has 2 aliphatic rings. The lowest BCUT2D eigenvalue weighted by molar-refractivity contribution is -0.107. The van der Waals surface area contributed by atoms with Crippen molar-refractivity contribution >= 4 is 0 Å². The molecule has 2 fully saturated rings. The second-order valence-corrected chi connectivity index (χ2v) is 15.1. The summed E-state index contributed by atoms with van der Waals surface area (Å²) in [6.45, 7) is 4.59. The molecule has 0 N–H and O–H groups in total. The van der Waals surface area contributed by atoms with Gasteiger partial charge in [0.1, 0.15) is 0 Å². The molecule has 1 unspecified atom stereocenters. The second kappa shape index (κ2) is 28.7. The first-order chi connectivity index (χ1) is 23.1. The smallest absolute Gasteiger partial charge is 0.209 e. The van der Waals surface area contributed by atoms with Crippen LogP contribution in [0.15, 0.2) is 48.6 Å². The van der Waals surface area contributed by atoms with Gasteiger partial charge in [-0.25, -0.2) is 0 Å². The molecule has 1 saturated heterocycles. The Morgan fingerprint density at radius 1 is 0.468 bits per heavy atom. The van der Waals surface area contributed by atoms with E-state index in [1.165, 1.54) is 154 Å². The Kier molecular flexibility index (Phi) is 25.6. The van der Waals surface area contributed by atoms with E-state index in [-0.39, 0.29) is 12.2 Å². The van der Waals surface area contributed by atoms with Gasteiger partial charge in [-0.1, -0.05) is 192 Å². The van der Waals surface area contributed by atoms with Crippen LogP contribution in [0.4, 0.5) is 0 Å². The molecular formula is C44H79NO2. The highest BCUT2D eigenvalue weighted by Crippen LogP contribution is 2.41. The number of rotatable bonds is 31. The molecule has 47 heavy (non-hydrogen) atoms. The second-order valence-electron chi connectivity index (χ2n) is 15.1. The van der Waals surface area contributed by atoms with Crippen molar-refractivity contribution in [2.24, 2.45) is 0 Å². The first kappa shape index (κ1) is 42.0. The maximum atomic E-state index is 6.61. The van der Waals surface area contributed by atoms with Crippen LogP contribution in [-0.4, -0.2) is 43.0 Å². The van der Waals surface area contributed by atoms with Crippen LogP contribution in [0.25, 0.3) is 0 Å². The van der Waals surface area contributed by atoms with Crippen LogP contribution < -0.4 is 0 Å². The molecule has 1 saturated carbocycles. The Morgan fingerprint density at radius 3 is 1.11 bits per heavy atom. The summed E-state index contributed by atoms with van der Waals surface area (Å²) in [5.74, 6) is -0.743. The van der Waals surface area contributed by atoms with E-state index in [4.69, 9.17) is 9.47 Å². The van der Waals surface area contributed by atoms with Crippen LogP contribution in [0.5, 0.6) is 0 Å². The first-order valence-corrected chi connectivity index (χ1v) is 20.8. The van der Waals surface area contributed by atoms with Crippen molar-refractivity contribution in [3.8, 4) is 0 Å². The Bertz CT molecular complexity index is 763. The summed E-state index contributed by atoms with van der Waals surface area (Å²) in [5, 5.41) is 0. The number of hydrogen-bond acceptors (Lipinski definition) is 3. The Balaban J connectivity index is 1.62. The fraction of sp³-hybridized carbons (Fsp3) is 0.818. The number of nitrogens with zero attached hydrogens (tertiary/aromatic N) is 1. The summed E-state index contributed by atoms with van der Waals surface area (Å²) in [5.41, 5.74) is 0. The van der Waals surface area contributed by atoms with Gasteiger partial charge in [0.15, 0.2) is 0 Å². The quantitative estimate of drug-likeness (QED) is 0.0549. The zero-order chi connectivity index (χ0) is 33.7. The Hall–Kier alpha value is -1.16. The van der Waals surface area contributed by atoms with Crippen LogP contribution >= 0.6 is 0 Å². The molecule has 3 heteroatoms. The average molecular weight is 654 g/mol. The highest BCUT2D eigenvalue weighted by atomic mass is 16.8. The molecule has 272 valence electrons. The van der Waals surface area contributed by atoms with E-state index < -0.39 is 5.79 Å². The van der Waals surface area contributed by atoms with Gasteiger partial charge in [0, 0.05) is 6.04 Å². The van der Waals surface area contributed by atoms with E-state index in [0.29, 0.717) is 6.04 Å². The highest BCUT2D eigenvalue weighted by molar-refractivity contribution is 5.20. The third-order valence-electron chi connectivity index (χ3n) is 10.4. The maximum Gasteiger partial charge on any atom is 0.209 e. The van der Waals surface area contributed by atoms with Crippen molar-refractivity contribution in [1.29, 1.82) is 0 Å². The average Bonchev–Trinajstić information content (AvgIpc) is 3.61. The van der Waals surface area contributed by atoms with E-state index in [1.54, 1.807) is 0 Å². The number of allylic oxidation sites excluding steroid dienone is 6. The van der Waals surface area contributed by atoms with Gasteiger partial charge in [-0.2, -0.15) is 0 Å². The van der Waals surface area contributed by atoms with Crippen LogP contribution in [0.2, 0.25) is 0 Å². The van der Waals surface area contributed by atoms with Gasteiger partial charge in [-0.05, 0) is 64.8 Å². The minimum absolute atomic E-state index is 0.173. The molecule has 0 aromatic carbocycles. The largest absolute Gasteiger partial charge is 0.337 e. The lowest BCUT2D eigenvalue weighted by Gasteiger charge is -2.25.